The van der Waals surface area contributed by atoms with Crippen molar-refractivity contribution < 1.29 is 0 Å². The second kappa shape index (κ2) is 7.13. The summed E-state index contributed by atoms with van der Waals surface area (Å²) in [6.07, 6.45) is 0.819. The first kappa shape index (κ1) is 14.7. The van der Waals surface area contributed by atoms with Gasteiger partial charge in [-0.15, -0.1) is 5.10 Å². The largest absolute Gasteiger partial charge is 0.343 e. The minimum absolute atomic E-state index is 0.147. The van der Waals surface area contributed by atoms with E-state index in [1.165, 1.54) is 11.1 Å². The summed E-state index contributed by atoms with van der Waals surface area (Å²) >= 11 is 1.58. The number of thioether (sulfide) groups is 1. The Balaban J connectivity index is 1.67. The van der Waals surface area contributed by atoms with Crippen LogP contribution in [0.1, 0.15) is 11.1 Å². The van der Waals surface area contributed by atoms with Crippen LogP contribution in [0.5, 0.6) is 0 Å². The molecule has 0 aliphatic carbocycles. The molecule has 3 rings (SSSR count). The number of benzene rings is 2. The van der Waals surface area contributed by atoms with Crippen LogP contribution in [0.2, 0.25) is 0 Å². The maximum absolute atomic E-state index is 11.9. The molecule has 112 valence electrons. The van der Waals surface area contributed by atoms with Gasteiger partial charge in [0.05, 0.1) is 0 Å². The second-order valence-corrected chi connectivity index (χ2v) is 5.92. The molecule has 0 saturated carbocycles. The summed E-state index contributed by atoms with van der Waals surface area (Å²) < 4.78 is 1.71. The van der Waals surface area contributed by atoms with E-state index in [0.29, 0.717) is 6.54 Å². The average molecular weight is 311 g/mol. The van der Waals surface area contributed by atoms with Crippen molar-refractivity contribution in [2.75, 3.05) is 0 Å². The van der Waals surface area contributed by atoms with Crippen molar-refractivity contribution in [3.63, 3.8) is 0 Å². The van der Waals surface area contributed by atoms with Crippen LogP contribution in [0.15, 0.2) is 70.6 Å². The van der Waals surface area contributed by atoms with Gasteiger partial charge in [0, 0.05) is 12.3 Å². The highest BCUT2D eigenvalue weighted by Crippen LogP contribution is 2.19. The van der Waals surface area contributed by atoms with Crippen molar-refractivity contribution in [1.29, 1.82) is 0 Å². The van der Waals surface area contributed by atoms with E-state index < -0.39 is 0 Å². The van der Waals surface area contributed by atoms with Crippen LogP contribution in [0.4, 0.5) is 0 Å². The molecule has 2 aromatic carbocycles. The number of aromatic amines is 1. The maximum Gasteiger partial charge on any atom is 0.343 e. The number of rotatable bonds is 6. The fourth-order valence-electron chi connectivity index (χ4n) is 2.22. The van der Waals surface area contributed by atoms with Crippen molar-refractivity contribution in [1.82, 2.24) is 14.8 Å². The molecule has 0 amide bonds. The molecule has 1 aromatic heterocycles. The minimum Gasteiger partial charge on any atom is -0.270 e. The Bertz CT molecular complexity index is 765. The van der Waals surface area contributed by atoms with Gasteiger partial charge in [0.1, 0.15) is 0 Å². The number of H-pyrrole nitrogens is 1. The zero-order valence-corrected chi connectivity index (χ0v) is 12.9. The molecule has 0 fully saturated rings. The van der Waals surface area contributed by atoms with E-state index in [4.69, 9.17) is 0 Å². The van der Waals surface area contributed by atoms with Crippen molar-refractivity contribution in [2.24, 2.45) is 0 Å². The summed E-state index contributed by atoms with van der Waals surface area (Å²) in [7, 11) is 0. The Labute approximate surface area is 133 Å². The van der Waals surface area contributed by atoms with E-state index >= 15 is 0 Å². The fourth-order valence-corrected chi connectivity index (χ4v) is 3.15. The predicted octanol–water partition coefficient (Wildman–Crippen LogP) is 3.11. The smallest absolute Gasteiger partial charge is 0.270 e. The van der Waals surface area contributed by atoms with Crippen LogP contribution < -0.4 is 5.69 Å². The van der Waals surface area contributed by atoms with E-state index in [-0.39, 0.29) is 5.69 Å². The van der Waals surface area contributed by atoms with E-state index in [1.54, 1.807) is 16.3 Å². The number of hydrogen-bond acceptors (Lipinski definition) is 3. The molecule has 1 N–H and O–H groups in total. The van der Waals surface area contributed by atoms with Crippen molar-refractivity contribution in [2.45, 2.75) is 23.9 Å². The van der Waals surface area contributed by atoms with Crippen LogP contribution in [0, 0.1) is 0 Å². The molecule has 0 bridgehead atoms. The van der Waals surface area contributed by atoms with Gasteiger partial charge in [0.2, 0.25) is 0 Å². The molecule has 0 atom stereocenters. The first-order valence-corrected chi connectivity index (χ1v) is 8.17. The third-order valence-electron chi connectivity index (χ3n) is 3.40. The Kier molecular flexibility index (Phi) is 4.75. The van der Waals surface area contributed by atoms with Gasteiger partial charge in [-0.1, -0.05) is 72.4 Å². The molecular weight excluding hydrogens is 294 g/mol. The molecule has 0 unspecified atom stereocenters. The molecule has 0 saturated heterocycles. The summed E-state index contributed by atoms with van der Waals surface area (Å²) in [5, 5.41) is 7.42. The number of hydrogen-bond donors (Lipinski definition) is 1. The van der Waals surface area contributed by atoms with Crippen molar-refractivity contribution in [3.05, 3.63) is 82.3 Å². The third-order valence-corrected chi connectivity index (χ3v) is 4.45. The molecule has 0 aliphatic rings. The Morgan fingerprint density at radius 1 is 0.955 bits per heavy atom. The lowest BCUT2D eigenvalue weighted by molar-refractivity contribution is 0.616. The zero-order chi connectivity index (χ0) is 15.2. The average Bonchev–Trinajstić information content (AvgIpc) is 2.93. The SMILES string of the molecule is O=c1[nH]nc(SCc2ccccc2)n1CCc1ccccc1. The van der Waals surface area contributed by atoms with Crippen LogP contribution >= 0.6 is 11.8 Å². The molecule has 0 spiro atoms. The highest BCUT2D eigenvalue weighted by atomic mass is 32.2. The number of nitrogens with zero attached hydrogens (tertiary/aromatic N) is 2. The number of nitrogens with one attached hydrogen (secondary N) is 1. The second-order valence-electron chi connectivity index (χ2n) is 4.97. The van der Waals surface area contributed by atoms with Gasteiger partial charge >= 0.3 is 5.69 Å². The van der Waals surface area contributed by atoms with E-state index in [2.05, 4.69) is 34.5 Å². The van der Waals surface area contributed by atoms with Gasteiger partial charge in [-0.05, 0) is 17.5 Å². The van der Waals surface area contributed by atoms with E-state index in [0.717, 1.165) is 17.3 Å². The maximum atomic E-state index is 11.9. The first-order valence-electron chi connectivity index (χ1n) is 7.19. The molecule has 0 radical (unpaired) electrons. The van der Waals surface area contributed by atoms with E-state index in [9.17, 15) is 4.79 Å². The summed E-state index contributed by atoms with van der Waals surface area (Å²) in [5.74, 6) is 0.802. The fraction of sp³-hybridized carbons (Fsp3) is 0.176. The van der Waals surface area contributed by atoms with Gasteiger partial charge < -0.3 is 0 Å². The monoisotopic (exact) mass is 311 g/mol. The lowest BCUT2D eigenvalue weighted by Gasteiger charge is -2.06. The van der Waals surface area contributed by atoms with Gasteiger partial charge in [-0.2, -0.15) is 0 Å². The topological polar surface area (TPSA) is 50.7 Å². The Morgan fingerprint density at radius 2 is 1.59 bits per heavy atom. The lowest BCUT2D eigenvalue weighted by atomic mass is 10.1. The predicted molar refractivity (Wildman–Crippen MR) is 89.0 cm³/mol. The normalized spacial score (nSPS) is 10.7. The van der Waals surface area contributed by atoms with Crippen LogP contribution in [-0.2, 0) is 18.7 Å². The number of aromatic nitrogens is 3. The van der Waals surface area contributed by atoms with Crippen LogP contribution in [0.3, 0.4) is 0 Å². The Morgan fingerprint density at radius 3 is 2.27 bits per heavy atom. The summed E-state index contributed by atoms with van der Waals surface area (Å²) in [6, 6.07) is 20.3. The van der Waals surface area contributed by atoms with Gasteiger partial charge in [-0.3, -0.25) is 4.57 Å². The van der Waals surface area contributed by atoms with Gasteiger partial charge in [-0.25, -0.2) is 9.89 Å². The summed E-state index contributed by atoms with van der Waals surface area (Å²) in [6.45, 7) is 0.635. The summed E-state index contributed by atoms with van der Waals surface area (Å²) in [5.41, 5.74) is 2.29. The molecule has 3 aromatic rings. The zero-order valence-electron chi connectivity index (χ0n) is 12.1. The van der Waals surface area contributed by atoms with Crippen LogP contribution in [-0.4, -0.2) is 14.8 Å². The molecule has 1 heterocycles. The molecular formula is C17H17N3OS. The van der Waals surface area contributed by atoms with Gasteiger partial charge in [0.25, 0.3) is 0 Å². The first-order chi connectivity index (χ1) is 10.8. The quantitative estimate of drug-likeness (QED) is 0.712. The summed E-state index contributed by atoms with van der Waals surface area (Å²) in [4.78, 5) is 11.9. The molecule has 5 heteroatoms. The Hall–Kier alpha value is -2.27. The standard InChI is InChI=1S/C17H17N3OS/c21-16-18-19-17(22-13-15-9-5-2-6-10-15)20(16)12-11-14-7-3-1-4-8-14/h1-10H,11-13H2,(H,18,21). The third kappa shape index (κ3) is 3.68. The van der Waals surface area contributed by atoms with Crippen LogP contribution in [0.25, 0.3) is 0 Å². The molecule has 0 aliphatic heterocycles. The minimum atomic E-state index is -0.147. The van der Waals surface area contributed by atoms with Gasteiger partial charge in [0.15, 0.2) is 5.16 Å². The molecule has 4 nitrogen and oxygen atoms in total. The number of aryl methyl sites for hydroxylation is 1. The van der Waals surface area contributed by atoms with Crippen molar-refractivity contribution >= 4 is 11.8 Å². The highest BCUT2D eigenvalue weighted by Gasteiger charge is 2.09. The lowest BCUT2D eigenvalue weighted by Crippen LogP contribution is -2.18. The highest BCUT2D eigenvalue weighted by molar-refractivity contribution is 7.98. The van der Waals surface area contributed by atoms with E-state index in [1.807, 2.05) is 36.4 Å². The molecule has 22 heavy (non-hydrogen) atoms. The van der Waals surface area contributed by atoms with Crippen molar-refractivity contribution in [3.8, 4) is 0 Å².